The molecule has 8 heteroatoms. The fraction of sp³-hybridized carbons (Fsp3) is 0.467. The van der Waals surface area contributed by atoms with E-state index in [1.807, 2.05) is 0 Å². The summed E-state index contributed by atoms with van der Waals surface area (Å²) in [5.41, 5.74) is -0.287. The first-order chi connectivity index (χ1) is 11.1. The Morgan fingerprint density at radius 2 is 2.00 bits per heavy atom. The highest BCUT2D eigenvalue weighted by molar-refractivity contribution is 8.14. The van der Waals surface area contributed by atoms with Crippen molar-refractivity contribution in [3.05, 3.63) is 34.4 Å². The van der Waals surface area contributed by atoms with Crippen LogP contribution in [0.3, 0.4) is 0 Å². The van der Waals surface area contributed by atoms with Crippen LogP contribution >= 0.6 is 11.8 Å². The Balaban J connectivity index is 1.75. The minimum absolute atomic E-state index is 0.167. The molecule has 1 aliphatic heterocycles. The zero-order valence-corrected chi connectivity index (χ0v) is 13.1. The highest BCUT2D eigenvalue weighted by atomic mass is 32.2. The molecule has 1 saturated carbocycles. The zero-order chi connectivity index (χ0) is 16.4. The second-order valence-corrected chi connectivity index (χ2v) is 6.52. The summed E-state index contributed by atoms with van der Waals surface area (Å²) in [6.45, 7) is 0. The van der Waals surface area contributed by atoms with Gasteiger partial charge in [0.1, 0.15) is 6.26 Å². The smallest absolute Gasteiger partial charge is 0.335 e. The molecule has 1 aromatic rings. The van der Waals surface area contributed by atoms with Gasteiger partial charge >= 0.3 is 5.63 Å². The van der Waals surface area contributed by atoms with E-state index in [9.17, 15) is 19.2 Å². The van der Waals surface area contributed by atoms with Crippen molar-refractivity contribution in [3.63, 3.8) is 0 Å². The average Bonchev–Trinajstić information content (AvgIpc) is 2.87. The van der Waals surface area contributed by atoms with Crippen molar-refractivity contribution in [2.24, 2.45) is 0 Å². The summed E-state index contributed by atoms with van der Waals surface area (Å²) in [7, 11) is 0. The van der Waals surface area contributed by atoms with Gasteiger partial charge in [-0.05, 0) is 18.9 Å². The SMILES string of the molecule is O=C(NC1CCCCC1N1C(=O)CSC1=O)c1ccc(=O)oc1. The van der Waals surface area contributed by atoms with Gasteiger partial charge in [0.25, 0.3) is 11.1 Å². The average molecular weight is 336 g/mol. The molecule has 0 radical (unpaired) electrons. The number of hydrogen-bond donors (Lipinski definition) is 1. The molecule has 2 aliphatic rings. The summed E-state index contributed by atoms with van der Waals surface area (Å²) in [6, 6.07) is 1.98. The van der Waals surface area contributed by atoms with Crippen LogP contribution in [0.2, 0.25) is 0 Å². The molecule has 3 rings (SSSR count). The number of imide groups is 1. The molecule has 7 nitrogen and oxygen atoms in total. The molecule has 1 aliphatic carbocycles. The molecular weight excluding hydrogens is 320 g/mol. The van der Waals surface area contributed by atoms with Crippen LogP contribution in [0.1, 0.15) is 36.0 Å². The van der Waals surface area contributed by atoms with Gasteiger partial charge in [0.2, 0.25) is 5.91 Å². The molecule has 1 saturated heterocycles. The number of nitrogens with zero attached hydrogens (tertiary/aromatic N) is 1. The minimum atomic E-state index is -0.526. The van der Waals surface area contributed by atoms with Crippen molar-refractivity contribution in [2.45, 2.75) is 37.8 Å². The van der Waals surface area contributed by atoms with E-state index in [1.165, 1.54) is 17.0 Å². The maximum absolute atomic E-state index is 12.3. The Labute approximate surface area is 136 Å². The first-order valence-corrected chi connectivity index (χ1v) is 8.43. The number of amides is 3. The number of carbonyl (C=O) groups excluding carboxylic acids is 3. The number of carbonyl (C=O) groups is 3. The standard InChI is InChI=1S/C15H16N2O5S/c18-12-8-23-15(21)17(12)11-4-2-1-3-10(11)16-14(20)9-5-6-13(19)22-7-9/h5-7,10-11H,1-4,8H2,(H,16,20). The normalized spacial score (nSPS) is 24.8. The van der Waals surface area contributed by atoms with Crippen LogP contribution in [-0.4, -0.2) is 39.8 Å². The minimum Gasteiger partial charge on any atom is -0.430 e. The van der Waals surface area contributed by atoms with E-state index in [4.69, 9.17) is 4.42 Å². The highest BCUT2D eigenvalue weighted by Crippen LogP contribution is 2.30. The fourth-order valence-corrected chi connectivity index (χ4v) is 3.77. The van der Waals surface area contributed by atoms with Crippen molar-refractivity contribution in [1.29, 1.82) is 0 Å². The van der Waals surface area contributed by atoms with Gasteiger partial charge in [0.15, 0.2) is 0 Å². The first kappa shape index (κ1) is 15.8. The molecule has 2 heterocycles. The molecule has 23 heavy (non-hydrogen) atoms. The van der Waals surface area contributed by atoms with Crippen LogP contribution in [-0.2, 0) is 4.79 Å². The predicted octanol–water partition coefficient (Wildman–Crippen LogP) is 1.38. The Morgan fingerprint density at radius 1 is 1.22 bits per heavy atom. The van der Waals surface area contributed by atoms with E-state index in [1.54, 1.807) is 0 Å². The quantitative estimate of drug-likeness (QED) is 0.895. The Bertz CT molecular complexity index is 665. The molecule has 3 amide bonds. The molecular formula is C15H16N2O5S. The highest BCUT2D eigenvalue weighted by Gasteiger charge is 2.41. The van der Waals surface area contributed by atoms with Gasteiger partial charge < -0.3 is 9.73 Å². The van der Waals surface area contributed by atoms with Crippen LogP contribution in [0.4, 0.5) is 4.79 Å². The van der Waals surface area contributed by atoms with E-state index in [0.717, 1.165) is 30.9 Å². The summed E-state index contributed by atoms with van der Waals surface area (Å²) in [6.07, 6.45) is 4.34. The number of rotatable bonds is 3. The first-order valence-electron chi connectivity index (χ1n) is 7.45. The van der Waals surface area contributed by atoms with Crippen molar-refractivity contribution in [3.8, 4) is 0 Å². The molecule has 0 spiro atoms. The van der Waals surface area contributed by atoms with Crippen molar-refractivity contribution in [1.82, 2.24) is 10.2 Å². The van der Waals surface area contributed by atoms with Gasteiger partial charge in [-0.3, -0.25) is 19.3 Å². The van der Waals surface area contributed by atoms with Gasteiger partial charge in [-0.1, -0.05) is 24.6 Å². The van der Waals surface area contributed by atoms with Gasteiger partial charge in [-0.25, -0.2) is 4.79 Å². The maximum atomic E-state index is 12.3. The lowest BCUT2D eigenvalue weighted by atomic mass is 9.89. The van der Waals surface area contributed by atoms with Crippen LogP contribution < -0.4 is 10.9 Å². The Hall–Kier alpha value is -2.09. The van der Waals surface area contributed by atoms with Gasteiger partial charge in [-0.15, -0.1) is 0 Å². The van der Waals surface area contributed by atoms with E-state index in [2.05, 4.69) is 5.32 Å². The summed E-state index contributed by atoms with van der Waals surface area (Å²) in [4.78, 5) is 48.4. The van der Waals surface area contributed by atoms with E-state index >= 15 is 0 Å². The van der Waals surface area contributed by atoms with Gasteiger partial charge in [0.05, 0.1) is 23.4 Å². The summed E-state index contributed by atoms with van der Waals surface area (Å²) in [5.74, 6) is -0.408. The van der Waals surface area contributed by atoms with Crippen LogP contribution in [0.15, 0.2) is 27.6 Å². The third-order valence-electron chi connectivity index (χ3n) is 4.13. The lowest BCUT2D eigenvalue weighted by Gasteiger charge is -2.36. The molecule has 2 fully saturated rings. The summed E-state index contributed by atoms with van der Waals surface area (Å²) in [5, 5.41) is 2.62. The van der Waals surface area contributed by atoms with E-state index in [0.29, 0.717) is 12.8 Å². The Kier molecular flexibility index (Phi) is 4.51. The van der Waals surface area contributed by atoms with Crippen LogP contribution in [0, 0.1) is 0 Å². The third kappa shape index (κ3) is 3.31. The lowest BCUT2D eigenvalue weighted by Crippen LogP contribution is -2.54. The number of thioether (sulfide) groups is 1. The van der Waals surface area contributed by atoms with Crippen LogP contribution in [0.5, 0.6) is 0 Å². The zero-order valence-electron chi connectivity index (χ0n) is 12.3. The lowest BCUT2D eigenvalue weighted by molar-refractivity contribution is -0.127. The van der Waals surface area contributed by atoms with Gasteiger partial charge in [0, 0.05) is 6.07 Å². The molecule has 0 bridgehead atoms. The molecule has 1 aromatic heterocycles. The molecule has 2 atom stereocenters. The van der Waals surface area contributed by atoms with Gasteiger partial charge in [-0.2, -0.15) is 0 Å². The topological polar surface area (TPSA) is 96.7 Å². The Morgan fingerprint density at radius 3 is 2.65 bits per heavy atom. The second-order valence-electron chi connectivity index (χ2n) is 5.59. The summed E-state index contributed by atoms with van der Waals surface area (Å²) < 4.78 is 4.69. The monoisotopic (exact) mass is 336 g/mol. The van der Waals surface area contributed by atoms with Crippen molar-refractivity contribution >= 4 is 28.8 Å². The molecule has 1 N–H and O–H groups in total. The molecule has 122 valence electrons. The van der Waals surface area contributed by atoms with E-state index < -0.39 is 5.63 Å². The maximum Gasteiger partial charge on any atom is 0.335 e. The number of hydrogen-bond acceptors (Lipinski definition) is 6. The fourth-order valence-electron chi connectivity index (χ4n) is 3.01. The molecule has 0 aromatic carbocycles. The van der Waals surface area contributed by atoms with Crippen LogP contribution in [0.25, 0.3) is 0 Å². The predicted molar refractivity (Wildman–Crippen MR) is 83.2 cm³/mol. The number of nitrogens with one attached hydrogen (secondary N) is 1. The largest absolute Gasteiger partial charge is 0.430 e. The third-order valence-corrected chi connectivity index (χ3v) is 4.96. The van der Waals surface area contributed by atoms with Crippen molar-refractivity contribution < 1.29 is 18.8 Å². The molecule has 2 unspecified atom stereocenters. The summed E-state index contributed by atoms with van der Waals surface area (Å²) >= 11 is 1.00. The van der Waals surface area contributed by atoms with E-state index in [-0.39, 0.29) is 40.5 Å². The van der Waals surface area contributed by atoms with Crippen molar-refractivity contribution in [2.75, 3.05) is 5.75 Å². The second kappa shape index (κ2) is 6.57.